The molecular formula is C14H11BrN2O. The number of hydrogen-bond donors (Lipinski definition) is 1. The summed E-state index contributed by atoms with van der Waals surface area (Å²) in [5, 5.41) is 1.07. The number of fused-ring (bicyclic) bond motifs is 1. The predicted molar refractivity (Wildman–Crippen MR) is 75.0 cm³/mol. The molecule has 3 aromatic rings. The van der Waals surface area contributed by atoms with E-state index in [0.29, 0.717) is 6.54 Å². The molecular weight excluding hydrogens is 292 g/mol. The first-order valence-electron chi connectivity index (χ1n) is 5.61. The van der Waals surface area contributed by atoms with Crippen LogP contribution in [-0.2, 0) is 6.54 Å². The van der Waals surface area contributed by atoms with Crippen molar-refractivity contribution in [2.75, 3.05) is 0 Å². The molecule has 2 N–H and O–H groups in total. The van der Waals surface area contributed by atoms with Gasteiger partial charge >= 0.3 is 0 Å². The Morgan fingerprint density at radius 1 is 1.17 bits per heavy atom. The Labute approximate surface area is 113 Å². The normalized spacial score (nSPS) is 11.0. The summed E-state index contributed by atoms with van der Waals surface area (Å²) in [6.45, 7) is 0.500. The quantitative estimate of drug-likeness (QED) is 0.785. The fourth-order valence-electron chi connectivity index (χ4n) is 1.82. The first-order chi connectivity index (χ1) is 8.76. The van der Waals surface area contributed by atoms with Crippen LogP contribution >= 0.6 is 15.9 Å². The van der Waals surface area contributed by atoms with Crippen LogP contribution in [-0.4, -0.2) is 4.98 Å². The van der Waals surface area contributed by atoms with Gasteiger partial charge in [0, 0.05) is 22.6 Å². The number of rotatable bonds is 2. The van der Waals surface area contributed by atoms with Crippen LogP contribution in [0.1, 0.15) is 5.56 Å². The molecule has 3 nitrogen and oxygen atoms in total. The summed E-state index contributed by atoms with van der Waals surface area (Å²) >= 11 is 3.43. The zero-order valence-corrected chi connectivity index (χ0v) is 11.1. The smallest absolute Gasteiger partial charge is 0.153 e. The highest BCUT2D eigenvalue weighted by Gasteiger charge is 2.07. The standard InChI is InChI=1S/C14H11BrN2O/c15-11-3-2-10-5-14(18-13(10)6-11)12-4-1-9(7-16)8-17-12/h1-6,8H,7,16H2. The molecule has 90 valence electrons. The van der Waals surface area contributed by atoms with E-state index in [0.717, 1.165) is 32.5 Å². The van der Waals surface area contributed by atoms with E-state index in [1.807, 2.05) is 36.4 Å². The first-order valence-corrected chi connectivity index (χ1v) is 6.40. The van der Waals surface area contributed by atoms with E-state index in [2.05, 4.69) is 20.9 Å². The molecule has 0 unspecified atom stereocenters. The van der Waals surface area contributed by atoms with Crippen LogP contribution in [0.3, 0.4) is 0 Å². The molecule has 3 rings (SSSR count). The number of nitrogens with two attached hydrogens (primary N) is 1. The van der Waals surface area contributed by atoms with Crippen molar-refractivity contribution >= 4 is 26.9 Å². The first kappa shape index (κ1) is 11.4. The topological polar surface area (TPSA) is 52.0 Å². The third-order valence-corrected chi connectivity index (χ3v) is 3.29. The number of hydrogen-bond acceptors (Lipinski definition) is 3. The molecule has 0 amide bonds. The van der Waals surface area contributed by atoms with Crippen LogP contribution in [0.25, 0.3) is 22.4 Å². The van der Waals surface area contributed by atoms with Crippen molar-refractivity contribution in [1.29, 1.82) is 0 Å². The average molecular weight is 303 g/mol. The third kappa shape index (κ3) is 2.05. The lowest BCUT2D eigenvalue weighted by Crippen LogP contribution is -1.96. The third-order valence-electron chi connectivity index (χ3n) is 2.80. The van der Waals surface area contributed by atoms with Gasteiger partial charge in [-0.25, -0.2) is 0 Å². The van der Waals surface area contributed by atoms with Crippen molar-refractivity contribution in [1.82, 2.24) is 4.98 Å². The molecule has 0 aliphatic heterocycles. The second-order valence-corrected chi connectivity index (χ2v) is 4.96. The zero-order valence-electron chi connectivity index (χ0n) is 9.56. The van der Waals surface area contributed by atoms with Crippen LogP contribution < -0.4 is 5.73 Å². The van der Waals surface area contributed by atoms with Crippen molar-refractivity contribution in [2.24, 2.45) is 5.73 Å². The summed E-state index contributed by atoms with van der Waals surface area (Å²) in [6, 6.07) is 11.8. The van der Waals surface area contributed by atoms with E-state index in [-0.39, 0.29) is 0 Å². The highest BCUT2D eigenvalue weighted by Crippen LogP contribution is 2.28. The predicted octanol–water partition coefficient (Wildman–Crippen LogP) is 3.72. The molecule has 0 saturated heterocycles. The molecule has 0 fully saturated rings. The molecule has 2 aromatic heterocycles. The Hall–Kier alpha value is -1.65. The lowest BCUT2D eigenvalue weighted by Gasteiger charge is -1.97. The number of aromatic nitrogens is 1. The average Bonchev–Trinajstić information content (AvgIpc) is 2.81. The van der Waals surface area contributed by atoms with Crippen molar-refractivity contribution in [3.05, 3.63) is 52.6 Å². The van der Waals surface area contributed by atoms with Crippen LogP contribution in [0.5, 0.6) is 0 Å². The molecule has 0 aliphatic rings. The lowest BCUT2D eigenvalue weighted by molar-refractivity contribution is 0.628. The second kappa shape index (κ2) is 4.55. The maximum Gasteiger partial charge on any atom is 0.153 e. The molecule has 18 heavy (non-hydrogen) atoms. The number of furan rings is 1. The van der Waals surface area contributed by atoms with E-state index >= 15 is 0 Å². The molecule has 0 atom stereocenters. The molecule has 0 saturated carbocycles. The number of pyridine rings is 1. The van der Waals surface area contributed by atoms with Gasteiger partial charge < -0.3 is 10.2 Å². The van der Waals surface area contributed by atoms with Gasteiger partial charge in [-0.3, -0.25) is 4.98 Å². The molecule has 4 heteroatoms. The zero-order chi connectivity index (χ0) is 12.5. The van der Waals surface area contributed by atoms with Crippen LogP contribution in [0, 0.1) is 0 Å². The van der Waals surface area contributed by atoms with Gasteiger partial charge in [0.1, 0.15) is 11.3 Å². The maximum absolute atomic E-state index is 5.78. The van der Waals surface area contributed by atoms with Crippen molar-refractivity contribution in [3.8, 4) is 11.5 Å². The Bertz CT molecular complexity index is 689. The Morgan fingerprint density at radius 3 is 2.78 bits per heavy atom. The summed E-state index contributed by atoms with van der Waals surface area (Å²) in [4.78, 5) is 4.35. The second-order valence-electron chi connectivity index (χ2n) is 4.05. The van der Waals surface area contributed by atoms with Gasteiger partial charge in [-0.15, -0.1) is 0 Å². The fourth-order valence-corrected chi connectivity index (χ4v) is 2.16. The van der Waals surface area contributed by atoms with Crippen molar-refractivity contribution < 1.29 is 4.42 Å². The van der Waals surface area contributed by atoms with Gasteiger partial charge in [-0.05, 0) is 35.9 Å². The highest BCUT2D eigenvalue weighted by molar-refractivity contribution is 9.10. The maximum atomic E-state index is 5.78. The largest absolute Gasteiger partial charge is 0.454 e. The fraction of sp³-hybridized carbons (Fsp3) is 0.0714. The van der Waals surface area contributed by atoms with Crippen molar-refractivity contribution in [3.63, 3.8) is 0 Å². The van der Waals surface area contributed by atoms with Crippen LogP contribution in [0.2, 0.25) is 0 Å². The van der Waals surface area contributed by atoms with Gasteiger partial charge in [0.25, 0.3) is 0 Å². The number of nitrogens with zero attached hydrogens (tertiary/aromatic N) is 1. The molecule has 0 radical (unpaired) electrons. The van der Waals surface area contributed by atoms with Gasteiger partial charge in [0.05, 0.1) is 0 Å². The van der Waals surface area contributed by atoms with Gasteiger partial charge in [0.2, 0.25) is 0 Å². The molecule has 0 spiro atoms. The molecule has 0 bridgehead atoms. The van der Waals surface area contributed by atoms with E-state index < -0.39 is 0 Å². The minimum absolute atomic E-state index is 0.500. The highest BCUT2D eigenvalue weighted by atomic mass is 79.9. The number of benzene rings is 1. The van der Waals surface area contributed by atoms with E-state index in [9.17, 15) is 0 Å². The Kier molecular flexibility index (Phi) is 2.89. The monoisotopic (exact) mass is 302 g/mol. The molecule has 1 aromatic carbocycles. The van der Waals surface area contributed by atoms with Gasteiger partial charge in [-0.1, -0.05) is 22.0 Å². The van der Waals surface area contributed by atoms with E-state index in [1.54, 1.807) is 6.20 Å². The lowest BCUT2D eigenvalue weighted by atomic mass is 10.2. The minimum atomic E-state index is 0.500. The summed E-state index contributed by atoms with van der Waals surface area (Å²) < 4.78 is 6.79. The minimum Gasteiger partial charge on any atom is -0.454 e. The summed E-state index contributed by atoms with van der Waals surface area (Å²) in [7, 11) is 0. The Balaban J connectivity index is 2.07. The SMILES string of the molecule is NCc1ccc(-c2cc3ccc(Br)cc3o2)nc1. The summed E-state index contributed by atoms with van der Waals surface area (Å²) in [5.41, 5.74) is 8.23. The van der Waals surface area contributed by atoms with E-state index in [1.165, 1.54) is 0 Å². The molecule has 0 aliphatic carbocycles. The van der Waals surface area contributed by atoms with Crippen LogP contribution in [0.4, 0.5) is 0 Å². The number of halogens is 1. The summed E-state index contributed by atoms with van der Waals surface area (Å²) in [5.74, 6) is 0.770. The summed E-state index contributed by atoms with van der Waals surface area (Å²) in [6.07, 6.45) is 1.78. The van der Waals surface area contributed by atoms with Crippen LogP contribution in [0.15, 0.2) is 51.5 Å². The Morgan fingerprint density at radius 2 is 2.06 bits per heavy atom. The van der Waals surface area contributed by atoms with Gasteiger partial charge in [-0.2, -0.15) is 0 Å². The molecule has 2 heterocycles. The van der Waals surface area contributed by atoms with Gasteiger partial charge in [0.15, 0.2) is 5.76 Å². The van der Waals surface area contributed by atoms with Crippen molar-refractivity contribution in [2.45, 2.75) is 6.54 Å². The van der Waals surface area contributed by atoms with E-state index in [4.69, 9.17) is 10.2 Å².